The first-order valence-electron chi connectivity index (χ1n) is 4.08. The highest BCUT2D eigenvalue weighted by Crippen LogP contribution is 2.12. The van der Waals surface area contributed by atoms with E-state index in [1.54, 1.807) is 24.0 Å². The number of nitrogens with zero attached hydrogens (tertiary/aromatic N) is 2. The fraction of sp³-hybridized carbons (Fsp3) is 0.111. The lowest BCUT2D eigenvalue weighted by molar-refractivity contribution is 0.624. The summed E-state index contributed by atoms with van der Waals surface area (Å²) in [6.45, 7) is 0.554. The van der Waals surface area contributed by atoms with Crippen LogP contribution >= 0.6 is 11.3 Å². The summed E-state index contributed by atoms with van der Waals surface area (Å²) in [7, 11) is 0. The molecule has 2 rings (SSSR count). The Morgan fingerprint density at radius 2 is 2.43 bits per heavy atom. The van der Waals surface area contributed by atoms with Crippen LogP contribution in [0, 0.1) is 5.82 Å². The summed E-state index contributed by atoms with van der Waals surface area (Å²) in [5.41, 5.74) is 1.74. The number of rotatable bonds is 3. The molecule has 14 heavy (non-hydrogen) atoms. The molecule has 2 aromatic heterocycles. The minimum atomic E-state index is -0.336. The Morgan fingerprint density at radius 1 is 1.50 bits per heavy atom. The van der Waals surface area contributed by atoms with Crippen molar-refractivity contribution in [1.82, 2.24) is 9.97 Å². The number of halogens is 1. The lowest BCUT2D eigenvalue weighted by Gasteiger charge is -2.03. The molecule has 2 heterocycles. The van der Waals surface area contributed by atoms with E-state index in [0.29, 0.717) is 6.54 Å². The fourth-order valence-electron chi connectivity index (χ4n) is 1.02. The van der Waals surface area contributed by atoms with Gasteiger partial charge in [-0.3, -0.25) is 4.98 Å². The molecule has 0 unspecified atom stereocenters. The van der Waals surface area contributed by atoms with Gasteiger partial charge in [0.2, 0.25) is 0 Å². The number of nitrogens with one attached hydrogen (secondary N) is 1. The first-order chi connectivity index (χ1) is 6.86. The van der Waals surface area contributed by atoms with Crippen molar-refractivity contribution < 1.29 is 4.39 Å². The number of hydrogen-bond acceptors (Lipinski definition) is 4. The zero-order chi connectivity index (χ0) is 9.80. The van der Waals surface area contributed by atoms with Crippen molar-refractivity contribution in [3.63, 3.8) is 0 Å². The van der Waals surface area contributed by atoms with Gasteiger partial charge in [0, 0.05) is 17.3 Å². The number of thiazole rings is 1. The van der Waals surface area contributed by atoms with Gasteiger partial charge in [-0.05, 0) is 12.1 Å². The van der Waals surface area contributed by atoms with Crippen LogP contribution in [-0.2, 0) is 6.54 Å². The summed E-state index contributed by atoms with van der Waals surface area (Å²) in [6, 6.07) is 2.94. The van der Waals surface area contributed by atoms with Crippen LogP contribution in [0.3, 0.4) is 0 Å². The van der Waals surface area contributed by atoms with Gasteiger partial charge in [-0.15, -0.1) is 11.3 Å². The standard InChI is InChI=1S/C9H8FN3S/c10-8-2-1-3-12-9(8)13-5-7-4-11-6-14-7/h1-4,6H,5H2,(H,12,13). The monoisotopic (exact) mass is 209 g/mol. The molecule has 0 aliphatic carbocycles. The molecule has 0 spiro atoms. The Kier molecular flexibility index (Phi) is 2.69. The van der Waals surface area contributed by atoms with E-state index in [4.69, 9.17) is 0 Å². The summed E-state index contributed by atoms with van der Waals surface area (Å²) < 4.78 is 13.1. The molecule has 0 radical (unpaired) electrons. The highest BCUT2D eigenvalue weighted by atomic mass is 32.1. The summed E-state index contributed by atoms with van der Waals surface area (Å²) in [6.07, 6.45) is 3.30. The molecule has 0 aromatic carbocycles. The minimum Gasteiger partial charge on any atom is -0.363 e. The molecule has 1 N–H and O–H groups in total. The third-order valence-corrected chi connectivity index (χ3v) is 2.45. The van der Waals surface area contributed by atoms with Crippen molar-refractivity contribution in [3.05, 3.63) is 40.7 Å². The molecular formula is C9H8FN3S. The summed E-state index contributed by atoms with van der Waals surface area (Å²) >= 11 is 1.52. The van der Waals surface area contributed by atoms with E-state index in [-0.39, 0.29) is 11.6 Å². The van der Waals surface area contributed by atoms with Gasteiger partial charge in [0.1, 0.15) is 0 Å². The van der Waals surface area contributed by atoms with Crippen LogP contribution in [0.1, 0.15) is 4.88 Å². The molecule has 2 aromatic rings. The maximum Gasteiger partial charge on any atom is 0.165 e. The average Bonchev–Trinajstić information content (AvgIpc) is 2.69. The van der Waals surface area contributed by atoms with Crippen LogP contribution in [0.2, 0.25) is 0 Å². The third kappa shape index (κ3) is 2.05. The summed E-state index contributed by atoms with van der Waals surface area (Å²) in [5, 5.41) is 2.90. The second kappa shape index (κ2) is 4.15. The lowest BCUT2D eigenvalue weighted by Crippen LogP contribution is -2.01. The Labute approximate surface area is 84.6 Å². The van der Waals surface area contributed by atoms with E-state index in [0.717, 1.165) is 4.88 Å². The highest BCUT2D eigenvalue weighted by Gasteiger charge is 2.01. The molecule has 0 atom stereocenters. The average molecular weight is 209 g/mol. The van der Waals surface area contributed by atoms with Crippen molar-refractivity contribution in [3.8, 4) is 0 Å². The van der Waals surface area contributed by atoms with Crippen LogP contribution in [0.4, 0.5) is 10.2 Å². The summed E-state index contributed by atoms with van der Waals surface area (Å²) in [4.78, 5) is 8.85. The van der Waals surface area contributed by atoms with Gasteiger partial charge in [-0.25, -0.2) is 9.37 Å². The zero-order valence-corrected chi connectivity index (χ0v) is 8.09. The van der Waals surface area contributed by atoms with E-state index in [1.807, 2.05) is 0 Å². The van der Waals surface area contributed by atoms with E-state index in [9.17, 15) is 4.39 Å². The Morgan fingerprint density at radius 3 is 3.14 bits per heavy atom. The minimum absolute atomic E-state index is 0.279. The maximum absolute atomic E-state index is 13.1. The quantitative estimate of drug-likeness (QED) is 0.842. The van der Waals surface area contributed by atoms with Crippen molar-refractivity contribution in [2.75, 3.05) is 5.32 Å². The number of anilines is 1. The maximum atomic E-state index is 13.1. The second-order valence-electron chi connectivity index (χ2n) is 2.66. The van der Waals surface area contributed by atoms with Crippen LogP contribution in [-0.4, -0.2) is 9.97 Å². The van der Waals surface area contributed by atoms with Crippen LogP contribution < -0.4 is 5.32 Å². The molecule has 0 amide bonds. The largest absolute Gasteiger partial charge is 0.363 e. The molecule has 0 fully saturated rings. The van der Waals surface area contributed by atoms with Crippen LogP contribution in [0.15, 0.2) is 30.0 Å². The molecule has 0 bridgehead atoms. The molecule has 0 aliphatic rings. The zero-order valence-electron chi connectivity index (χ0n) is 7.27. The third-order valence-electron chi connectivity index (χ3n) is 1.67. The molecular weight excluding hydrogens is 201 g/mol. The van der Waals surface area contributed by atoms with Gasteiger partial charge < -0.3 is 5.32 Å². The van der Waals surface area contributed by atoms with Crippen LogP contribution in [0.25, 0.3) is 0 Å². The molecule has 5 heteroatoms. The SMILES string of the molecule is Fc1cccnc1NCc1cncs1. The topological polar surface area (TPSA) is 37.8 Å². The molecule has 72 valence electrons. The van der Waals surface area contributed by atoms with Crippen molar-refractivity contribution in [1.29, 1.82) is 0 Å². The molecule has 0 aliphatic heterocycles. The van der Waals surface area contributed by atoms with Crippen LogP contribution in [0.5, 0.6) is 0 Å². The van der Waals surface area contributed by atoms with Gasteiger partial charge >= 0.3 is 0 Å². The predicted molar refractivity (Wildman–Crippen MR) is 53.6 cm³/mol. The summed E-state index contributed by atoms with van der Waals surface area (Å²) in [5.74, 6) is -0.0575. The Balaban J connectivity index is 2.02. The first kappa shape index (κ1) is 9.08. The normalized spacial score (nSPS) is 10.1. The smallest absolute Gasteiger partial charge is 0.165 e. The van der Waals surface area contributed by atoms with Crippen molar-refractivity contribution in [2.45, 2.75) is 6.54 Å². The van der Waals surface area contributed by atoms with Gasteiger partial charge in [0.05, 0.1) is 12.1 Å². The van der Waals surface area contributed by atoms with E-state index >= 15 is 0 Å². The Hall–Kier alpha value is -1.49. The van der Waals surface area contributed by atoms with Crippen molar-refractivity contribution in [2.24, 2.45) is 0 Å². The number of hydrogen-bond donors (Lipinski definition) is 1. The molecule has 3 nitrogen and oxygen atoms in total. The predicted octanol–water partition coefficient (Wildman–Crippen LogP) is 2.29. The fourth-order valence-corrected chi connectivity index (χ4v) is 1.55. The van der Waals surface area contributed by atoms with Gasteiger partial charge in [0.25, 0.3) is 0 Å². The molecule has 0 saturated heterocycles. The number of pyridine rings is 1. The second-order valence-corrected chi connectivity index (χ2v) is 3.63. The van der Waals surface area contributed by atoms with E-state index < -0.39 is 0 Å². The van der Waals surface area contributed by atoms with Gasteiger partial charge in [-0.2, -0.15) is 0 Å². The lowest BCUT2D eigenvalue weighted by atomic mass is 10.4. The molecule has 0 saturated carbocycles. The van der Waals surface area contributed by atoms with E-state index in [2.05, 4.69) is 15.3 Å². The van der Waals surface area contributed by atoms with Gasteiger partial charge in [-0.1, -0.05) is 0 Å². The van der Waals surface area contributed by atoms with Gasteiger partial charge in [0.15, 0.2) is 11.6 Å². The highest BCUT2D eigenvalue weighted by molar-refractivity contribution is 7.09. The van der Waals surface area contributed by atoms with Crippen molar-refractivity contribution >= 4 is 17.2 Å². The first-order valence-corrected chi connectivity index (χ1v) is 4.96. The Bertz CT molecular complexity index is 402. The number of aromatic nitrogens is 2. The van der Waals surface area contributed by atoms with E-state index in [1.165, 1.54) is 17.4 Å².